The van der Waals surface area contributed by atoms with E-state index >= 15 is 0 Å². The lowest BCUT2D eigenvalue weighted by Gasteiger charge is -2.05. The fraction of sp³-hybridized carbons (Fsp3) is 0.0952. The van der Waals surface area contributed by atoms with Crippen LogP contribution in [-0.2, 0) is 6.18 Å². The largest absolute Gasteiger partial charge is 0.416 e. The van der Waals surface area contributed by atoms with E-state index in [0.717, 1.165) is 12.1 Å². The molecule has 0 amide bonds. The standard InChI is InChI=1S/C21H12ClF4N5/c1-9-11(18-28-14-6-5-10(21(24,25)26)7-15(14)29-18)8-27-20-17(9)30-19(31-20)16-12(22)3-2-4-13(16)23/h2-8H,1H3,(H,28,29)(H,27,30,31). The van der Waals surface area contributed by atoms with Crippen molar-refractivity contribution in [2.45, 2.75) is 13.1 Å². The van der Waals surface area contributed by atoms with Gasteiger partial charge in [0.05, 0.1) is 32.7 Å². The molecule has 0 aliphatic heterocycles. The van der Waals surface area contributed by atoms with Gasteiger partial charge in [0.2, 0.25) is 0 Å². The summed E-state index contributed by atoms with van der Waals surface area (Å²) in [6.45, 7) is 1.79. The Bertz CT molecular complexity index is 1450. The van der Waals surface area contributed by atoms with Gasteiger partial charge in [-0.2, -0.15) is 13.2 Å². The molecule has 3 heterocycles. The number of fused-ring (bicyclic) bond motifs is 2. The summed E-state index contributed by atoms with van der Waals surface area (Å²) in [6, 6.07) is 7.65. The average Bonchev–Trinajstić information content (AvgIpc) is 3.31. The highest BCUT2D eigenvalue weighted by Gasteiger charge is 2.30. The van der Waals surface area contributed by atoms with Crippen LogP contribution in [0.15, 0.2) is 42.6 Å². The summed E-state index contributed by atoms with van der Waals surface area (Å²) in [6.07, 6.45) is -2.93. The van der Waals surface area contributed by atoms with E-state index in [4.69, 9.17) is 11.6 Å². The van der Waals surface area contributed by atoms with Gasteiger partial charge < -0.3 is 9.97 Å². The topological polar surface area (TPSA) is 70.2 Å². The van der Waals surface area contributed by atoms with Gasteiger partial charge in [-0.3, -0.25) is 0 Å². The molecule has 5 nitrogen and oxygen atoms in total. The zero-order valence-corrected chi connectivity index (χ0v) is 16.5. The smallest absolute Gasteiger partial charge is 0.338 e. The molecular formula is C21H12ClF4N5. The molecule has 0 atom stereocenters. The molecule has 156 valence electrons. The Hall–Kier alpha value is -3.46. The summed E-state index contributed by atoms with van der Waals surface area (Å²) in [4.78, 5) is 19.0. The van der Waals surface area contributed by atoms with Gasteiger partial charge in [0.1, 0.15) is 17.5 Å². The Morgan fingerprint density at radius 1 is 1.00 bits per heavy atom. The van der Waals surface area contributed by atoms with E-state index in [0.29, 0.717) is 33.6 Å². The monoisotopic (exact) mass is 445 g/mol. The van der Waals surface area contributed by atoms with Crippen molar-refractivity contribution in [3.63, 3.8) is 0 Å². The fourth-order valence-corrected chi connectivity index (χ4v) is 3.72. The zero-order chi connectivity index (χ0) is 21.9. The van der Waals surface area contributed by atoms with Crippen molar-refractivity contribution >= 4 is 33.8 Å². The maximum Gasteiger partial charge on any atom is 0.416 e. The number of nitrogens with one attached hydrogen (secondary N) is 2. The van der Waals surface area contributed by atoms with Gasteiger partial charge in [-0.25, -0.2) is 19.3 Å². The van der Waals surface area contributed by atoms with Gasteiger partial charge in [0.25, 0.3) is 0 Å². The van der Waals surface area contributed by atoms with Gasteiger partial charge in [0, 0.05) is 11.8 Å². The number of rotatable bonds is 2. The Balaban J connectivity index is 1.64. The minimum atomic E-state index is -4.45. The molecule has 0 bridgehead atoms. The maximum atomic E-state index is 14.3. The normalized spacial score (nSPS) is 12.2. The molecule has 0 fully saturated rings. The first-order chi connectivity index (χ1) is 14.7. The number of nitrogens with zero attached hydrogens (tertiary/aromatic N) is 3. The predicted molar refractivity (Wildman–Crippen MR) is 109 cm³/mol. The molecule has 3 aromatic heterocycles. The molecule has 0 unspecified atom stereocenters. The lowest BCUT2D eigenvalue weighted by atomic mass is 10.1. The third-order valence-electron chi connectivity index (χ3n) is 5.04. The summed E-state index contributed by atoms with van der Waals surface area (Å²) in [5.74, 6) is 0.0637. The van der Waals surface area contributed by atoms with Crippen molar-refractivity contribution in [1.29, 1.82) is 0 Å². The van der Waals surface area contributed by atoms with Crippen molar-refractivity contribution < 1.29 is 17.6 Å². The van der Waals surface area contributed by atoms with Crippen LogP contribution in [0.2, 0.25) is 5.02 Å². The second-order valence-electron chi connectivity index (χ2n) is 6.99. The Labute approximate surface area is 177 Å². The lowest BCUT2D eigenvalue weighted by molar-refractivity contribution is -0.137. The van der Waals surface area contributed by atoms with Crippen molar-refractivity contribution in [1.82, 2.24) is 24.9 Å². The van der Waals surface area contributed by atoms with Crippen molar-refractivity contribution in [2.75, 3.05) is 0 Å². The summed E-state index contributed by atoms with van der Waals surface area (Å²) in [5, 5.41) is 0.203. The molecule has 0 radical (unpaired) electrons. The van der Waals surface area contributed by atoms with Crippen LogP contribution in [0, 0.1) is 12.7 Å². The number of hydrogen-bond donors (Lipinski definition) is 2. The van der Waals surface area contributed by atoms with E-state index in [1.165, 1.54) is 24.4 Å². The molecule has 0 aliphatic carbocycles. The molecule has 2 aromatic carbocycles. The summed E-state index contributed by atoms with van der Waals surface area (Å²) >= 11 is 6.13. The van der Waals surface area contributed by atoms with Crippen LogP contribution in [-0.4, -0.2) is 24.9 Å². The minimum Gasteiger partial charge on any atom is -0.338 e. The van der Waals surface area contributed by atoms with E-state index in [1.54, 1.807) is 13.0 Å². The van der Waals surface area contributed by atoms with Crippen molar-refractivity contribution in [2.24, 2.45) is 0 Å². The average molecular weight is 446 g/mol. The van der Waals surface area contributed by atoms with Gasteiger partial charge >= 0.3 is 6.18 Å². The van der Waals surface area contributed by atoms with E-state index in [2.05, 4.69) is 24.9 Å². The molecule has 5 rings (SSSR count). The molecule has 31 heavy (non-hydrogen) atoms. The summed E-state index contributed by atoms with van der Waals surface area (Å²) in [7, 11) is 0. The first-order valence-electron chi connectivity index (χ1n) is 9.09. The van der Waals surface area contributed by atoms with Crippen molar-refractivity contribution in [3.05, 3.63) is 64.6 Å². The van der Waals surface area contributed by atoms with Crippen LogP contribution in [0.4, 0.5) is 17.6 Å². The van der Waals surface area contributed by atoms with Crippen LogP contribution in [0.25, 0.3) is 45.0 Å². The molecular weight excluding hydrogens is 434 g/mol. The van der Waals surface area contributed by atoms with Crippen molar-refractivity contribution in [3.8, 4) is 22.8 Å². The van der Waals surface area contributed by atoms with Gasteiger partial charge in [-0.05, 0) is 42.8 Å². The lowest BCUT2D eigenvalue weighted by Crippen LogP contribution is -2.04. The molecule has 10 heteroatoms. The SMILES string of the molecule is Cc1c(-c2nc3ccc(C(F)(F)F)cc3[nH]2)cnc2nc(-c3c(F)cccc3Cl)[nH]c12. The van der Waals surface area contributed by atoms with E-state index < -0.39 is 17.6 Å². The number of aryl methyl sites for hydroxylation is 1. The number of aromatic nitrogens is 5. The van der Waals surface area contributed by atoms with Crippen LogP contribution >= 0.6 is 11.6 Å². The molecule has 0 aliphatic rings. The highest BCUT2D eigenvalue weighted by molar-refractivity contribution is 6.33. The number of halogens is 5. The number of alkyl halides is 3. The first kappa shape index (κ1) is 19.5. The number of hydrogen-bond acceptors (Lipinski definition) is 3. The number of aromatic amines is 2. The maximum absolute atomic E-state index is 14.3. The third kappa shape index (κ3) is 3.21. The van der Waals surface area contributed by atoms with Crippen LogP contribution in [0.5, 0.6) is 0 Å². The number of benzene rings is 2. The Morgan fingerprint density at radius 2 is 1.81 bits per heavy atom. The van der Waals surface area contributed by atoms with E-state index in [-0.39, 0.29) is 21.9 Å². The zero-order valence-electron chi connectivity index (χ0n) is 15.8. The highest BCUT2D eigenvalue weighted by Crippen LogP contribution is 2.34. The van der Waals surface area contributed by atoms with Gasteiger partial charge in [-0.15, -0.1) is 0 Å². The molecule has 0 spiro atoms. The molecule has 2 N–H and O–H groups in total. The summed E-state index contributed by atoms with van der Waals surface area (Å²) < 4.78 is 53.3. The third-order valence-corrected chi connectivity index (χ3v) is 5.36. The fourth-order valence-electron chi connectivity index (χ4n) is 3.47. The highest BCUT2D eigenvalue weighted by atomic mass is 35.5. The Morgan fingerprint density at radius 3 is 2.55 bits per heavy atom. The second kappa shape index (κ2) is 6.78. The Kier molecular flexibility index (Phi) is 4.26. The number of imidazole rings is 2. The van der Waals surface area contributed by atoms with Crippen LogP contribution in [0.1, 0.15) is 11.1 Å². The predicted octanol–water partition coefficient (Wildman–Crippen LogP) is 6.29. The van der Waals surface area contributed by atoms with Crippen LogP contribution < -0.4 is 0 Å². The number of H-pyrrole nitrogens is 2. The van der Waals surface area contributed by atoms with E-state index in [1.807, 2.05) is 0 Å². The summed E-state index contributed by atoms with van der Waals surface area (Å²) in [5.41, 5.74) is 2.19. The van der Waals surface area contributed by atoms with E-state index in [9.17, 15) is 17.6 Å². The first-order valence-corrected chi connectivity index (χ1v) is 9.47. The molecule has 5 aromatic rings. The molecule has 0 saturated carbocycles. The van der Waals surface area contributed by atoms with Gasteiger partial charge in [0.15, 0.2) is 5.65 Å². The quantitative estimate of drug-likeness (QED) is 0.314. The van der Waals surface area contributed by atoms with Crippen LogP contribution in [0.3, 0.4) is 0 Å². The minimum absolute atomic E-state index is 0.131. The van der Waals surface area contributed by atoms with Gasteiger partial charge in [-0.1, -0.05) is 17.7 Å². The second-order valence-corrected chi connectivity index (χ2v) is 7.40. The molecule has 0 saturated heterocycles. The number of pyridine rings is 1.